The van der Waals surface area contributed by atoms with Gasteiger partial charge < -0.3 is 14.4 Å². The average molecular weight is 402 g/mol. The van der Waals surface area contributed by atoms with Gasteiger partial charge in [-0.25, -0.2) is 14.8 Å². The number of Topliss-reactive ketones (excluding diaryl/α,β-unsaturated/α-hetero) is 1. The van der Waals surface area contributed by atoms with Crippen LogP contribution in [0, 0.1) is 0 Å². The zero-order valence-electron chi connectivity index (χ0n) is 15.5. The first-order chi connectivity index (χ1) is 13.5. The fourth-order valence-corrected chi connectivity index (χ4v) is 3.97. The molecule has 8 heteroatoms. The van der Waals surface area contributed by atoms with E-state index < -0.39 is 11.6 Å². The Bertz CT molecular complexity index is 925. The van der Waals surface area contributed by atoms with E-state index in [-0.39, 0.29) is 12.4 Å². The number of carbonyl (C=O) groups excluding carboxylic acids is 2. The summed E-state index contributed by atoms with van der Waals surface area (Å²) in [7, 11) is 0. The highest BCUT2D eigenvalue weighted by Gasteiger charge is 2.43. The number of fused-ring (bicyclic) bond motifs is 1. The van der Waals surface area contributed by atoms with E-state index in [9.17, 15) is 9.59 Å². The number of anilines is 1. The Kier molecular flexibility index (Phi) is 4.93. The largest absolute Gasteiger partial charge is 0.486 e. The molecule has 0 unspecified atom stereocenters. The Morgan fingerprint density at radius 2 is 2.14 bits per heavy atom. The summed E-state index contributed by atoms with van der Waals surface area (Å²) in [4.78, 5) is 35.1. The van der Waals surface area contributed by atoms with Gasteiger partial charge >= 0.3 is 5.97 Å². The molecule has 1 saturated heterocycles. The maximum atomic E-state index is 12.6. The molecule has 3 heterocycles. The molecule has 1 spiro atoms. The Balaban J connectivity index is 1.52. The van der Waals surface area contributed by atoms with Gasteiger partial charge in [-0.15, -0.1) is 0 Å². The molecule has 0 aliphatic carbocycles. The normalized spacial score (nSPS) is 17.8. The lowest BCUT2D eigenvalue weighted by atomic mass is 9.82. The molecule has 4 rings (SSSR count). The number of hydrogen-bond acceptors (Lipinski definition) is 7. The number of benzene rings is 1. The van der Waals surface area contributed by atoms with Crippen molar-refractivity contribution in [1.29, 1.82) is 0 Å². The van der Waals surface area contributed by atoms with Crippen LogP contribution < -0.4 is 9.64 Å². The minimum Gasteiger partial charge on any atom is -0.486 e. The molecule has 0 radical (unpaired) electrons. The third-order valence-electron chi connectivity index (χ3n) is 5.21. The lowest BCUT2D eigenvalue weighted by Crippen LogP contribution is -2.51. The van der Waals surface area contributed by atoms with Gasteiger partial charge in [-0.05, 0) is 25.1 Å². The summed E-state index contributed by atoms with van der Waals surface area (Å²) in [5, 5.41) is 0.525. The fourth-order valence-electron chi connectivity index (χ4n) is 3.80. The van der Waals surface area contributed by atoms with E-state index in [1.807, 2.05) is 4.90 Å². The van der Waals surface area contributed by atoms with Crippen LogP contribution >= 0.6 is 11.6 Å². The first-order valence-electron chi connectivity index (χ1n) is 9.25. The maximum Gasteiger partial charge on any atom is 0.343 e. The quantitative estimate of drug-likeness (QED) is 0.729. The number of halogens is 1. The van der Waals surface area contributed by atoms with Crippen LogP contribution in [0.5, 0.6) is 5.75 Å². The van der Waals surface area contributed by atoms with Crippen molar-refractivity contribution in [3.05, 3.63) is 46.9 Å². The average Bonchev–Trinajstić information content (AvgIpc) is 2.70. The number of aromatic nitrogens is 2. The summed E-state index contributed by atoms with van der Waals surface area (Å²) >= 11 is 6.00. The number of ketones is 1. The predicted molar refractivity (Wildman–Crippen MR) is 103 cm³/mol. The second-order valence-electron chi connectivity index (χ2n) is 6.99. The summed E-state index contributed by atoms with van der Waals surface area (Å²) < 4.78 is 11.4. The second kappa shape index (κ2) is 7.39. The molecule has 7 nitrogen and oxygen atoms in total. The van der Waals surface area contributed by atoms with Crippen molar-refractivity contribution < 1.29 is 19.1 Å². The third kappa shape index (κ3) is 3.42. The van der Waals surface area contributed by atoms with Crippen LogP contribution in [0.3, 0.4) is 0 Å². The highest BCUT2D eigenvalue weighted by Crippen LogP contribution is 2.40. The molecular weight excluding hydrogens is 382 g/mol. The third-order valence-corrected chi connectivity index (χ3v) is 5.45. The molecule has 1 fully saturated rings. The molecule has 28 heavy (non-hydrogen) atoms. The van der Waals surface area contributed by atoms with Gasteiger partial charge in [-0.1, -0.05) is 11.6 Å². The van der Waals surface area contributed by atoms with Crippen molar-refractivity contribution in [2.45, 2.75) is 31.8 Å². The van der Waals surface area contributed by atoms with E-state index >= 15 is 0 Å². The van der Waals surface area contributed by atoms with Crippen LogP contribution in [0.25, 0.3) is 0 Å². The monoisotopic (exact) mass is 401 g/mol. The topological polar surface area (TPSA) is 81.6 Å². The Labute approximate surface area is 167 Å². The summed E-state index contributed by atoms with van der Waals surface area (Å²) in [5.74, 6) is 0.751. The van der Waals surface area contributed by atoms with Crippen LogP contribution in [-0.4, -0.2) is 47.0 Å². The van der Waals surface area contributed by atoms with Crippen LogP contribution in [0.15, 0.2) is 30.7 Å². The van der Waals surface area contributed by atoms with Gasteiger partial charge in [0, 0.05) is 37.2 Å². The highest BCUT2D eigenvalue weighted by atomic mass is 35.5. The van der Waals surface area contributed by atoms with Crippen molar-refractivity contribution in [2.24, 2.45) is 0 Å². The highest BCUT2D eigenvalue weighted by molar-refractivity contribution is 6.31. The van der Waals surface area contributed by atoms with Gasteiger partial charge in [0.2, 0.25) is 0 Å². The van der Waals surface area contributed by atoms with Gasteiger partial charge in [0.25, 0.3) is 0 Å². The van der Waals surface area contributed by atoms with Gasteiger partial charge in [-0.3, -0.25) is 4.79 Å². The lowest BCUT2D eigenvalue weighted by Gasteiger charge is -2.44. The fraction of sp³-hybridized carbons (Fsp3) is 0.400. The van der Waals surface area contributed by atoms with Crippen molar-refractivity contribution in [1.82, 2.24) is 9.97 Å². The maximum absolute atomic E-state index is 12.6. The van der Waals surface area contributed by atoms with Crippen LogP contribution in [0.2, 0.25) is 5.02 Å². The molecule has 2 aromatic rings. The van der Waals surface area contributed by atoms with E-state index in [4.69, 9.17) is 21.1 Å². The molecule has 1 aromatic heterocycles. The molecule has 0 N–H and O–H groups in total. The Morgan fingerprint density at radius 3 is 2.89 bits per heavy atom. The van der Waals surface area contributed by atoms with Crippen molar-refractivity contribution >= 4 is 29.2 Å². The molecular formula is C20H20ClN3O4. The molecule has 0 bridgehead atoms. The van der Waals surface area contributed by atoms with Gasteiger partial charge in [0.15, 0.2) is 5.78 Å². The van der Waals surface area contributed by atoms with Crippen LogP contribution in [0.1, 0.15) is 46.9 Å². The Hall–Kier alpha value is -2.67. The van der Waals surface area contributed by atoms with Crippen molar-refractivity contribution in [2.75, 3.05) is 24.6 Å². The molecule has 0 saturated carbocycles. The number of carbonyl (C=O) groups is 2. The van der Waals surface area contributed by atoms with Crippen LogP contribution in [0.4, 0.5) is 5.82 Å². The lowest BCUT2D eigenvalue weighted by molar-refractivity contribution is 0.0231. The first kappa shape index (κ1) is 18.7. The van der Waals surface area contributed by atoms with E-state index in [2.05, 4.69) is 9.97 Å². The summed E-state index contributed by atoms with van der Waals surface area (Å²) in [6.07, 6.45) is 4.51. The number of nitrogens with zero attached hydrogens (tertiary/aromatic N) is 3. The zero-order chi connectivity index (χ0) is 19.7. The summed E-state index contributed by atoms with van der Waals surface area (Å²) in [5.41, 5.74) is 0.354. The smallest absolute Gasteiger partial charge is 0.343 e. The number of hydrogen-bond donors (Lipinski definition) is 0. The molecule has 2 aliphatic rings. The van der Waals surface area contributed by atoms with Crippen molar-refractivity contribution in [3.8, 4) is 5.75 Å². The van der Waals surface area contributed by atoms with E-state index in [1.165, 1.54) is 12.5 Å². The number of esters is 1. The zero-order valence-corrected chi connectivity index (χ0v) is 16.2. The molecule has 146 valence electrons. The summed E-state index contributed by atoms with van der Waals surface area (Å²) in [6.45, 7) is 3.27. The molecule has 2 aliphatic heterocycles. The second-order valence-corrected chi connectivity index (χ2v) is 7.43. The standard InChI is InChI=1S/C20H20ClN3O4/c1-2-27-19(26)15-11-22-12-23-18(15)24-7-5-20(6-8-24)10-16(25)14-9-13(21)3-4-17(14)28-20/h3-4,9,11-12H,2,5-8,10H2,1H3. The number of ether oxygens (including phenoxy) is 2. The minimum absolute atomic E-state index is 0.0476. The van der Waals surface area contributed by atoms with Crippen molar-refractivity contribution in [3.63, 3.8) is 0 Å². The first-order valence-corrected chi connectivity index (χ1v) is 9.63. The van der Waals surface area contributed by atoms with Gasteiger partial charge in [0.1, 0.15) is 29.1 Å². The predicted octanol–water partition coefficient (Wildman–Crippen LogP) is 3.31. The van der Waals surface area contributed by atoms with E-state index in [1.54, 1.807) is 25.1 Å². The molecule has 0 atom stereocenters. The summed E-state index contributed by atoms with van der Waals surface area (Å²) in [6, 6.07) is 5.15. The SMILES string of the molecule is CCOC(=O)c1cncnc1N1CCC2(CC1)CC(=O)c1cc(Cl)ccc1O2. The number of rotatable bonds is 3. The number of piperidine rings is 1. The van der Waals surface area contributed by atoms with Gasteiger partial charge in [0.05, 0.1) is 18.6 Å². The minimum atomic E-state index is -0.536. The molecule has 0 amide bonds. The molecule has 1 aromatic carbocycles. The van der Waals surface area contributed by atoms with E-state index in [0.29, 0.717) is 60.1 Å². The van der Waals surface area contributed by atoms with Gasteiger partial charge in [-0.2, -0.15) is 0 Å². The van der Waals surface area contributed by atoms with E-state index in [0.717, 1.165) is 0 Å². The van der Waals surface area contributed by atoms with Crippen LogP contribution in [-0.2, 0) is 4.74 Å². The Morgan fingerprint density at radius 1 is 1.36 bits per heavy atom.